The number of fused-ring (bicyclic) bond motifs is 1. The maximum absolute atomic E-state index is 5.68. The standard InChI is InChI=1S/C13H10N2O/c14-13-8-9(4-6-15-13)10-2-1-3-12-11(10)5-7-16-12/h1-8H,(H2,14,15). The zero-order valence-corrected chi connectivity index (χ0v) is 8.55. The van der Waals surface area contributed by atoms with Gasteiger partial charge < -0.3 is 10.2 Å². The average Bonchev–Trinajstić information content (AvgIpc) is 2.76. The molecule has 0 saturated heterocycles. The van der Waals surface area contributed by atoms with E-state index in [9.17, 15) is 0 Å². The molecule has 0 bridgehead atoms. The quantitative estimate of drug-likeness (QED) is 0.671. The molecule has 0 amide bonds. The summed E-state index contributed by atoms with van der Waals surface area (Å²) in [6.45, 7) is 0. The lowest BCUT2D eigenvalue weighted by atomic mass is 10.0. The molecule has 3 nitrogen and oxygen atoms in total. The molecule has 0 saturated carbocycles. The third-order valence-electron chi connectivity index (χ3n) is 2.59. The lowest BCUT2D eigenvalue weighted by molar-refractivity contribution is 0.616. The van der Waals surface area contributed by atoms with Gasteiger partial charge in [-0.2, -0.15) is 0 Å². The van der Waals surface area contributed by atoms with Crippen molar-refractivity contribution in [3.8, 4) is 11.1 Å². The first-order chi connectivity index (χ1) is 7.84. The number of nitrogens with two attached hydrogens (primary N) is 1. The maximum atomic E-state index is 5.68. The predicted molar refractivity (Wildman–Crippen MR) is 63.9 cm³/mol. The normalized spacial score (nSPS) is 10.8. The van der Waals surface area contributed by atoms with Crippen LogP contribution in [0.1, 0.15) is 0 Å². The van der Waals surface area contributed by atoms with Crippen LogP contribution in [0, 0.1) is 0 Å². The SMILES string of the molecule is Nc1cc(-c2cccc3occc23)ccn1. The van der Waals surface area contributed by atoms with Gasteiger partial charge in [0.25, 0.3) is 0 Å². The van der Waals surface area contributed by atoms with Crippen LogP contribution in [-0.2, 0) is 0 Å². The molecule has 0 aliphatic heterocycles. The second-order valence-corrected chi connectivity index (χ2v) is 3.61. The second-order valence-electron chi connectivity index (χ2n) is 3.61. The van der Waals surface area contributed by atoms with Gasteiger partial charge in [-0.25, -0.2) is 4.98 Å². The molecule has 0 aliphatic rings. The molecule has 2 N–H and O–H groups in total. The number of furan rings is 1. The van der Waals surface area contributed by atoms with E-state index in [4.69, 9.17) is 10.2 Å². The molecule has 78 valence electrons. The topological polar surface area (TPSA) is 52.0 Å². The number of nitrogens with zero attached hydrogens (tertiary/aromatic N) is 1. The van der Waals surface area contributed by atoms with Gasteiger partial charge in [0.1, 0.15) is 11.4 Å². The van der Waals surface area contributed by atoms with Gasteiger partial charge in [0, 0.05) is 11.6 Å². The molecule has 2 heterocycles. The summed E-state index contributed by atoms with van der Waals surface area (Å²) in [5.41, 5.74) is 8.73. The van der Waals surface area contributed by atoms with Gasteiger partial charge in [-0.1, -0.05) is 12.1 Å². The Morgan fingerprint density at radius 2 is 2.06 bits per heavy atom. The first-order valence-electron chi connectivity index (χ1n) is 5.03. The highest BCUT2D eigenvalue weighted by Gasteiger charge is 2.05. The number of hydrogen-bond donors (Lipinski definition) is 1. The number of nitrogen functional groups attached to an aromatic ring is 1. The molecule has 0 fully saturated rings. The highest BCUT2D eigenvalue weighted by molar-refractivity contribution is 5.94. The Balaban J connectivity index is 2.29. The molecule has 3 heteroatoms. The van der Waals surface area contributed by atoms with E-state index < -0.39 is 0 Å². The molecule has 16 heavy (non-hydrogen) atoms. The van der Waals surface area contributed by atoms with E-state index in [-0.39, 0.29) is 0 Å². The monoisotopic (exact) mass is 210 g/mol. The van der Waals surface area contributed by atoms with E-state index in [2.05, 4.69) is 4.98 Å². The third kappa shape index (κ3) is 1.34. The van der Waals surface area contributed by atoms with Crippen LogP contribution < -0.4 is 5.73 Å². The molecular formula is C13H10N2O. The fraction of sp³-hybridized carbons (Fsp3) is 0. The van der Waals surface area contributed by atoms with Gasteiger partial charge in [-0.15, -0.1) is 0 Å². The molecule has 0 aliphatic carbocycles. The van der Waals surface area contributed by atoms with Crippen molar-refractivity contribution in [2.75, 3.05) is 5.73 Å². The zero-order chi connectivity index (χ0) is 11.0. The van der Waals surface area contributed by atoms with Crippen molar-refractivity contribution in [3.63, 3.8) is 0 Å². The Labute approximate surface area is 92.5 Å². The van der Waals surface area contributed by atoms with Crippen LogP contribution in [0.25, 0.3) is 22.1 Å². The average molecular weight is 210 g/mol. The van der Waals surface area contributed by atoms with Crippen molar-refractivity contribution in [3.05, 3.63) is 48.9 Å². The van der Waals surface area contributed by atoms with Gasteiger partial charge in [-0.05, 0) is 35.4 Å². The molecular weight excluding hydrogens is 200 g/mol. The summed E-state index contributed by atoms with van der Waals surface area (Å²) >= 11 is 0. The van der Waals surface area contributed by atoms with Crippen LogP contribution in [0.3, 0.4) is 0 Å². The molecule has 3 aromatic rings. The number of hydrogen-bond acceptors (Lipinski definition) is 3. The molecule has 3 rings (SSSR count). The molecule has 1 aromatic carbocycles. The number of anilines is 1. The lowest BCUT2D eigenvalue weighted by Gasteiger charge is -2.03. The van der Waals surface area contributed by atoms with Crippen molar-refractivity contribution >= 4 is 16.8 Å². The fourth-order valence-corrected chi connectivity index (χ4v) is 1.86. The Bertz CT molecular complexity index is 643. The van der Waals surface area contributed by atoms with Crippen LogP contribution in [-0.4, -0.2) is 4.98 Å². The van der Waals surface area contributed by atoms with E-state index in [1.807, 2.05) is 36.4 Å². The summed E-state index contributed by atoms with van der Waals surface area (Å²) in [7, 11) is 0. The zero-order valence-electron chi connectivity index (χ0n) is 8.55. The van der Waals surface area contributed by atoms with Gasteiger partial charge >= 0.3 is 0 Å². The molecule has 0 radical (unpaired) electrons. The van der Waals surface area contributed by atoms with Crippen molar-refractivity contribution < 1.29 is 4.42 Å². The van der Waals surface area contributed by atoms with Crippen LogP contribution >= 0.6 is 0 Å². The van der Waals surface area contributed by atoms with Crippen LogP contribution in [0.15, 0.2) is 53.3 Å². The van der Waals surface area contributed by atoms with Gasteiger partial charge in [0.15, 0.2) is 0 Å². The summed E-state index contributed by atoms with van der Waals surface area (Å²) < 4.78 is 5.36. The summed E-state index contributed by atoms with van der Waals surface area (Å²) in [4.78, 5) is 3.99. The Morgan fingerprint density at radius 3 is 2.94 bits per heavy atom. The summed E-state index contributed by atoms with van der Waals surface area (Å²) in [6.07, 6.45) is 3.41. The number of rotatable bonds is 1. The van der Waals surface area contributed by atoms with Crippen LogP contribution in [0.4, 0.5) is 5.82 Å². The summed E-state index contributed by atoms with van der Waals surface area (Å²) in [6, 6.07) is 11.7. The van der Waals surface area contributed by atoms with Crippen molar-refractivity contribution in [2.45, 2.75) is 0 Å². The van der Waals surface area contributed by atoms with Gasteiger partial charge in [-0.3, -0.25) is 0 Å². The third-order valence-corrected chi connectivity index (χ3v) is 2.59. The van der Waals surface area contributed by atoms with Crippen molar-refractivity contribution in [1.29, 1.82) is 0 Å². The highest BCUT2D eigenvalue weighted by atomic mass is 16.3. The van der Waals surface area contributed by atoms with E-state index in [0.29, 0.717) is 5.82 Å². The van der Waals surface area contributed by atoms with E-state index in [1.54, 1.807) is 12.5 Å². The van der Waals surface area contributed by atoms with E-state index in [1.165, 1.54) is 0 Å². The van der Waals surface area contributed by atoms with Crippen LogP contribution in [0.5, 0.6) is 0 Å². The van der Waals surface area contributed by atoms with Crippen molar-refractivity contribution in [1.82, 2.24) is 4.98 Å². The Hall–Kier alpha value is -2.29. The van der Waals surface area contributed by atoms with Gasteiger partial charge in [0.2, 0.25) is 0 Å². The predicted octanol–water partition coefficient (Wildman–Crippen LogP) is 3.08. The number of aromatic nitrogens is 1. The molecule has 2 aromatic heterocycles. The van der Waals surface area contributed by atoms with E-state index in [0.717, 1.165) is 22.1 Å². The summed E-state index contributed by atoms with van der Waals surface area (Å²) in [5, 5.41) is 1.09. The first-order valence-corrected chi connectivity index (χ1v) is 5.03. The van der Waals surface area contributed by atoms with Crippen molar-refractivity contribution in [2.24, 2.45) is 0 Å². The Morgan fingerprint density at radius 1 is 1.12 bits per heavy atom. The maximum Gasteiger partial charge on any atom is 0.134 e. The minimum atomic E-state index is 0.526. The highest BCUT2D eigenvalue weighted by Crippen LogP contribution is 2.29. The smallest absolute Gasteiger partial charge is 0.134 e. The largest absolute Gasteiger partial charge is 0.464 e. The lowest BCUT2D eigenvalue weighted by Crippen LogP contribution is -1.89. The van der Waals surface area contributed by atoms with Gasteiger partial charge in [0.05, 0.1) is 6.26 Å². The summed E-state index contributed by atoms with van der Waals surface area (Å²) in [5.74, 6) is 0.526. The Kier molecular flexibility index (Phi) is 1.90. The molecule has 0 unspecified atom stereocenters. The first kappa shape index (κ1) is 8.97. The number of pyridine rings is 1. The molecule has 0 atom stereocenters. The second kappa shape index (κ2) is 3.38. The van der Waals surface area contributed by atoms with Crippen LogP contribution in [0.2, 0.25) is 0 Å². The minimum Gasteiger partial charge on any atom is -0.464 e. The minimum absolute atomic E-state index is 0.526. The fourth-order valence-electron chi connectivity index (χ4n) is 1.86. The molecule has 0 spiro atoms. The van der Waals surface area contributed by atoms with E-state index >= 15 is 0 Å². The number of benzene rings is 1.